The zero-order valence-corrected chi connectivity index (χ0v) is 11.8. The number of likely N-dealkylation sites (N-methyl/N-ethyl adjacent to an activating group) is 1. The molecule has 2 aliphatic heterocycles. The van der Waals surface area contributed by atoms with E-state index in [1.54, 1.807) is 16.8 Å². The number of nitrogens with zero attached hydrogens (tertiary/aromatic N) is 2. The summed E-state index contributed by atoms with van der Waals surface area (Å²) in [6, 6.07) is 7.63. The minimum absolute atomic E-state index is 0.0738. The molecular formula is C15H19N3O2. The van der Waals surface area contributed by atoms with Crippen molar-refractivity contribution in [3.63, 3.8) is 0 Å². The van der Waals surface area contributed by atoms with E-state index in [1.807, 2.05) is 31.3 Å². The molecule has 2 aliphatic rings. The average Bonchev–Trinajstić information content (AvgIpc) is 2.76. The predicted molar refractivity (Wildman–Crippen MR) is 76.4 cm³/mol. The van der Waals surface area contributed by atoms with Gasteiger partial charge in [-0.2, -0.15) is 0 Å². The lowest BCUT2D eigenvalue weighted by Crippen LogP contribution is -2.44. The molecule has 0 bridgehead atoms. The van der Waals surface area contributed by atoms with E-state index in [1.165, 1.54) is 0 Å². The van der Waals surface area contributed by atoms with Crippen molar-refractivity contribution < 1.29 is 9.59 Å². The van der Waals surface area contributed by atoms with Gasteiger partial charge in [0, 0.05) is 38.8 Å². The van der Waals surface area contributed by atoms with Crippen LogP contribution in [0.3, 0.4) is 0 Å². The molecule has 5 nitrogen and oxygen atoms in total. The highest BCUT2D eigenvalue weighted by Gasteiger charge is 2.35. The highest BCUT2D eigenvalue weighted by molar-refractivity contribution is 5.96. The van der Waals surface area contributed by atoms with Gasteiger partial charge in [-0.15, -0.1) is 0 Å². The Bertz CT molecular complexity index is 558. The standard InChI is InChI=1S/C15H19N3O2/c1-17-8-7-11(15(17)20)16-12-9-14(19)18(2)13-6-4-3-5-10(12)13/h3-6,11-12,16H,7-9H2,1-2H3. The van der Waals surface area contributed by atoms with Crippen LogP contribution in [0.2, 0.25) is 0 Å². The normalized spacial score (nSPS) is 26.1. The highest BCUT2D eigenvalue weighted by atomic mass is 16.2. The Balaban J connectivity index is 1.86. The number of fused-ring (bicyclic) bond motifs is 1. The maximum atomic E-state index is 12.1. The Kier molecular flexibility index (Phi) is 3.22. The van der Waals surface area contributed by atoms with Crippen LogP contribution in [0.25, 0.3) is 0 Å². The second-order valence-corrected chi connectivity index (χ2v) is 5.54. The third-order valence-electron chi connectivity index (χ3n) is 4.26. The smallest absolute Gasteiger partial charge is 0.239 e. The lowest BCUT2D eigenvalue weighted by molar-refractivity contribution is -0.129. The van der Waals surface area contributed by atoms with Gasteiger partial charge in [0.15, 0.2) is 0 Å². The summed E-state index contributed by atoms with van der Waals surface area (Å²) in [6.45, 7) is 0.777. The first kappa shape index (κ1) is 13.1. The molecule has 1 N–H and O–H groups in total. The van der Waals surface area contributed by atoms with Gasteiger partial charge in [-0.25, -0.2) is 0 Å². The number of hydrogen-bond acceptors (Lipinski definition) is 3. The lowest BCUT2D eigenvalue weighted by atomic mass is 9.95. The van der Waals surface area contributed by atoms with Crippen molar-refractivity contribution in [1.29, 1.82) is 0 Å². The molecule has 1 saturated heterocycles. The zero-order chi connectivity index (χ0) is 14.3. The molecule has 2 unspecified atom stereocenters. The summed E-state index contributed by atoms with van der Waals surface area (Å²) in [7, 11) is 3.61. The SMILES string of the molecule is CN1CCC(NC2CC(=O)N(C)c3ccccc32)C1=O. The maximum absolute atomic E-state index is 12.1. The first-order valence-corrected chi connectivity index (χ1v) is 6.94. The van der Waals surface area contributed by atoms with Gasteiger partial charge >= 0.3 is 0 Å². The quantitative estimate of drug-likeness (QED) is 0.871. The number of rotatable bonds is 2. The number of anilines is 1. The molecule has 0 spiro atoms. The first-order valence-electron chi connectivity index (χ1n) is 6.94. The fourth-order valence-electron chi connectivity index (χ4n) is 3.01. The summed E-state index contributed by atoms with van der Waals surface area (Å²) in [4.78, 5) is 27.5. The molecule has 0 aromatic heterocycles. The molecule has 1 fully saturated rings. The van der Waals surface area contributed by atoms with Crippen LogP contribution in [0, 0.1) is 0 Å². The van der Waals surface area contributed by atoms with Crippen LogP contribution in [-0.2, 0) is 9.59 Å². The van der Waals surface area contributed by atoms with Crippen LogP contribution in [-0.4, -0.2) is 43.4 Å². The van der Waals surface area contributed by atoms with Gasteiger partial charge in [-0.1, -0.05) is 18.2 Å². The van der Waals surface area contributed by atoms with E-state index in [0.29, 0.717) is 6.42 Å². The Labute approximate surface area is 118 Å². The van der Waals surface area contributed by atoms with Gasteiger partial charge in [0.2, 0.25) is 11.8 Å². The Morgan fingerprint density at radius 2 is 1.90 bits per heavy atom. The van der Waals surface area contributed by atoms with Crippen molar-refractivity contribution in [2.24, 2.45) is 0 Å². The number of benzene rings is 1. The molecule has 5 heteroatoms. The maximum Gasteiger partial charge on any atom is 0.239 e. The number of hydrogen-bond donors (Lipinski definition) is 1. The van der Waals surface area contributed by atoms with E-state index in [0.717, 1.165) is 24.2 Å². The molecule has 0 saturated carbocycles. The van der Waals surface area contributed by atoms with E-state index in [-0.39, 0.29) is 23.9 Å². The second-order valence-electron chi connectivity index (χ2n) is 5.54. The van der Waals surface area contributed by atoms with Crippen molar-refractivity contribution in [3.8, 4) is 0 Å². The van der Waals surface area contributed by atoms with Crippen LogP contribution >= 0.6 is 0 Å². The third kappa shape index (κ3) is 2.08. The van der Waals surface area contributed by atoms with E-state index in [4.69, 9.17) is 0 Å². The van der Waals surface area contributed by atoms with Crippen molar-refractivity contribution in [2.45, 2.75) is 24.9 Å². The fraction of sp³-hybridized carbons (Fsp3) is 0.467. The van der Waals surface area contributed by atoms with Crippen LogP contribution in [0.5, 0.6) is 0 Å². The average molecular weight is 273 g/mol. The molecule has 3 rings (SSSR count). The summed E-state index contributed by atoms with van der Waals surface area (Å²) in [6.07, 6.45) is 1.21. The molecule has 0 radical (unpaired) electrons. The van der Waals surface area contributed by atoms with Gasteiger partial charge < -0.3 is 9.80 Å². The largest absolute Gasteiger partial charge is 0.344 e. The summed E-state index contributed by atoms with van der Waals surface area (Å²) >= 11 is 0. The number of para-hydroxylation sites is 1. The second kappa shape index (κ2) is 4.90. The number of carbonyl (C=O) groups excluding carboxylic acids is 2. The minimum Gasteiger partial charge on any atom is -0.344 e. The van der Waals surface area contributed by atoms with Crippen molar-refractivity contribution in [2.75, 3.05) is 25.5 Å². The van der Waals surface area contributed by atoms with Gasteiger partial charge in [0.1, 0.15) is 0 Å². The summed E-state index contributed by atoms with van der Waals surface area (Å²) in [5.74, 6) is 0.203. The lowest BCUT2D eigenvalue weighted by Gasteiger charge is -2.33. The zero-order valence-electron chi connectivity index (χ0n) is 11.8. The van der Waals surface area contributed by atoms with Gasteiger partial charge in [-0.05, 0) is 18.1 Å². The molecule has 1 aromatic carbocycles. The summed E-state index contributed by atoms with van der Waals surface area (Å²) in [5, 5.41) is 3.37. The van der Waals surface area contributed by atoms with Gasteiger partial charge in [0.05, 0.1) is 6.04 Å². The molecule has 20 heavy (non-hydrogen) atoms. The van der Waals surface area contributed by atoms with Crippen LogP contribution < -0.4 is 10.2 Å². The predicted octanol–water partition coefficient (Wildman–Crippen LogP) is 0.914. The van der Waals surface area contributed by atoms with E-state index in [2.05, 4.69) is 5.32 Å². The van der Waals surface area contributed by atoms with Gasteiger partial charge in [0.25, 0.3) is 0 Å². The number of amides is 2. The Morgan fingerprint density at radius 1 is 1.15 bits per heavy atom. The fourth-order valence-corrected chi connectivity index (χ4v) is 3.01. The molecule has 2 heterocycles. The van der Waals surface area contributed by atoms with Crippen LogP contribution in [0.15, 0.2) is 24.3 Å². The van der Waals surface area contributed by atoms with Crippen LogP contribution in [0.4, 0.5) is 5.69 Å². The van der Waals surface area contributed by atoms with E-state index in [9.17, 15) is 9.59 Å². The highest BCUT2D eigenvalue weighted by Crippen LogP contribution is 2.34. The van der Waals surface area contributed by atoms with E-state index >= 15 is 0 Å². The van der Waals surface area contributed by atoms with E-state index < -0.39 is 0 Å². The first-order chi connectivity index (χ1) is 9.58. The Morgan fingerprint density at radius 3 is 2.60 bits per heavy atom. The number of likely N-dealkylation sites (tertiary alicyclic amines) is 1. The molecule has 2 amide bonds. The van der Waals surface area contributed by atoms with Crippen molar-refractivity contribution in [3.05, 3.63) is 29.8 Å². The molecule has 2 atom stereocenters. The minimum atomic E-state index is -0.172. The molecule has 1 aromatic rings. The summed E-state index contributed by atoms with van der Waals surface area (Å²) in [5.41, 5.74) is 2.03. The molecule has 0 aliphatic carbocycles. The van der Waals surface area contributed by atoms with Crippen LogP contribution in [0.1, 0.15) is 24.4 Å². The van der Waals surface area contributed by atoms with Crippen molar-refractivity contribution in [1.82, 2.24) is 10.2 Å². The monoisotopic (exact) mass is 273 g/mol. The topological polar surface area (TPSA) is 52.7 Å². The molecular weight excluding hydrogens is 254 g/mol. The number of nitrogens with one attached hydrogen (secondary N) is 1. The van der Waals surface area contributed by atoms with Crippen molar-refractivity contribution >= 4 is 17.5 Å². The number of carbonyl (C=O) groups is 2. The van der Waals surface area contributed by atoms with Gasteiger partial charge in [-0.3, -0.25) is 14.9 Å². The summed E-state index contributed by atoms with van der Waals surface area (Å²) < 4.78 is 0. The third-order valence-corrected chi connectivity index (χ3v) is 4.26. The Hall–Kier alpha value is -1.88. The molecule has 106 valence electrons.